The van der Waals surface area contributed by atoms with Crippen LogP contribution in [0.4, 0.5) is 0 Å². The van der Waals surface area contributed by atoms with Crippen LogP contribution in [0.1, 0.15) is 47.3 Å². The molecule has 5 rings (SSSR count). The predicted molar refractivity (Wildman–Crippen MR) is 99.2 cm³/mol. The van der Waals surface area contributed by atoms with Crippen LogP contribution >= 0.6 is 0 Å². The molecule has 0 bridgehead atoms. The first kappa shape index (κ1) is 15.6. The average Bonchev–Trinajstić information content (AvgIpc) is 3.33. The summed E-state index contributed by atoms with van der Waals surface area (Å²) in [4.78, 5) is 19.5. The first-order valence-electron chi connectivity index (χ1n) is 9.50. The fraction of sp³-hybridized carbons (Fsp3) is 0.450. The maximum absolute atomic E-state index is 12.8. The Labute approximate surface area is 152 Å². The molecule has 2 aliphatic rings. The van der Waals surface area contributed by atoms with E-state index in [-0.39, 0.29) is 5.91 Å². The molecule has 0 spiro atoms. The van der Waals surface area contributed by atoms with E-state index in [1.165, 1.54) is 11.2 Å². The monoisotopic (exact) mass is 349 g/mol. The lowest BCUT2D eigenvalue weighted by molar-refractivity contribution is 0.0688. The number of hydrogen-bond acceptors (Lipinski definition) is 3. The highest BCUT2D eigenvalue weighted by Gasteiger charge is 2.28. The highest BCUT2D eigenvalue weighted by Crippen LogP contribution is 2.29. The molecule has 2 aromatic heterocycles. The Hall–Kier alpha value is -2.63. The van der Waals surface area contributed by atoms with Gasteiger partial charge in [0.05, 0.1) is 11.0 Å². The number of para-hydroxylation sites is 2. The van der Waals surface area contributed by atoms with Gasteiger partial charge in [-0.1, -0.05) is 12.1 Å². The molecule has 0 unspecified atom stereocenters. The Morgan fingerprint density at radius 1 is 1.15 bits per heavy atom. The van der Waals surface area contributed by atoms with E-state index >= 15 is 0 Å². The van der Waals surface area contributed by atoms with Crippen molar-refractivity contribution in [3.63, 3.8) is 0 Å². The Morgan fingerprint density at radius 3 is 2.77 bits per heavy atom. The second-order valence-electron chi connectivity index (χ2n) is 7.39. The molecule has 1 aromatic carbocycles. The molecule has 6 heteroatoms. The normalized spacial score (nSPS) is 17.8. The largest absolute Gasteiger partial charge is 0.337 e. The number of nitrogens with zero attached hydrogens (tertiary/aromatic N) is 5. The number of amides is 1. The van der Waals surface area contributed by atoms with Gasteiger partial charge in [0.2, 0.25) is 0 Å². The molecule has 0 aliphatic carbocycles. The van der Waals surface area contributed by atoms with Crippen LogP contribution in [0, 0.1) is 6.92 Å². The van der Waals surface area contributed by atoms with E-state index in [4.69, 9.17) is 0 Å². The van der Waals surface area contributed by atoms with Gasteiger partial charge in [-0.05, 0) is 50.8 Å². The summed E-state index contributed by atoms with van der Waals surface area (Å²) in [6, 6.07) is 10.7. The molecule has 2 aliphatic heterocycles. The van der Waals surface area contributed by atoms with Crippen molar-refractivity contribution in [2.45, 2.75) is 45.2 Å². The number of benzene rings is 1. The van der Waals surface area contributed by atoms with E-state index in [0.29, 0.717) is 11.7 Å². The summed E-state index contributed by atoms with van der Waals surface area (Å²) in [5.41, 5.74) is 4.06. The first-order valence-corrected chi connectivity index (χ1v) is 9.50. The maximum atomic E-state index is 12.8. The van der Waals surface area contributed by atoms with Crippen molar-refractivity contribution in [1.29, 1.82) is 0 Å². The number of likely N-dealkylation sites (tertiary alicyclic amines) is 1. The van der Waals surface area contributed by atoms with Crippen LogP contribution in [0.15, 0.2) is 30.3 Å². The second-order valence-corrected chi connectivity index (χ2v) is 7.39. The van der Waals surface area contributed by atoms with Crippen LogP contribution in [0.3, 0.4) is 0 Å². The lowest BCUT2D eigenvalue weighted by atomic mass is 10.0. The maximum Gasteiger partial charge on any atom is 0.274 e. The number of carbonyl (C=O) groups is 1. The Morgan fingerprint density at radius 2 is 1.96 bits per heavy atom. The highest BCUT2D eigenvalue weighted by atomic mass is 16.2. The summed E-state index contributed by atoms with van der Waals surface area (Å²) >= 11 is 0. The van der Waals surface area contributed by atoms with Crippen LogP contribution in [-0.4, -0.2) is 43.2 Å². The van der Waals surface area contributed by atoms with Crippen LogP contribution in [0.25, 0.3) is 11.0 Å². The molecule has 0 radical (unpaired) electrons. The highest BCUT2D eigenvalue weighted by molar-refractivity contribution is 5.92. The van der Waals surface area contributed by atoms with E-state index in [1.807, 2.05) is 21.7 Å². The van der Waals surface area contributed by atoms with Gasteiger partial charge in [-0.3, -0.25) is 9.48 Å². The average molecular weight is 349 g/mol. The number of hydrogen-bond donors (Lipinski definition) is 0. The number of rotatable bonds is 2. The summed E-state index contributed by atoms with van der Waals surface area (Å²) in [6.07, 6.45) is 4.09. The number of piperidine rings is 1. The molecular formula is C20H23N5O. The van der Waals surface area contributed by atoms with Crippen LogP contribution in [0.5, 0.6) is 0 Å². The molecule has 0 saturated carbocycles. The van der Waals surface area contributed by atoms with Gasteiger partial charge in [0.25, 0.3) is 5.91 Å². The van der Waals surface area contributed by atoms with Gasteiger partial charge in [-0.25, -0.2) is 4.98 Å². The van der Waals surface area contributed by atoms with Gasteiger partial charge in [0.15, 0.2) is 5.69 Å². The zero-order valence-electron chi connectivity index (χ0n) is 15.1. The number of carbonyl (C=O) groups excluding carboxylic acids is 1. The third kappa shape index (κ3) is 2.43. The number of aryl methyl sites for hydroxylation is 3. The molecule has 4 heterocycles. The number of aromatic nitrogens is 4. The van der Waals surface area contributed by atoms with Crippen LogP contribution in [0.2, 0.25) is 0 Å². The van der Waals surface area contributed by atoms with Crippen molar-refractivity contribution in [2.75, 3.05) is 13.1 Å². The molecule has 0 N–H and O–H groups in total. The van der Waals surface area contributed by atoms with Gasteiger partial charge in [0, 0.05) is 31.4 Å². The minimum absolute atomic E-state index is 0.0811. The molecule has 3 aromatic rings. The molecule has 134 valence electrons. The number of fused-ring (bicyclic) bond motifs is 2. The Kier molecular flexibility index (Phi) is 3.58. The summed E-state index contributed by atoms with van der Waals surface area (Å²) in [7, 11) is 0. The van der Waals surface area contributed by atoms with Crippen molar-refractivity contribution in [3.8, 4) is 0 Å². The zero-order valence-corrected chi connectivity index (χ0v) is 15.1. The SMILES string of the molecule is Cc1nc2ccccc2n1C1CCN(C(=O)c2cc3n(n2)CCC3)CC1. The lowest BCUT2D eigenvalue weighted by Gasteiger charge is -2.33. The molecule has 1 amide bonds. The predicted octanol–water partition coefficient (Wildman–Crippen LogP) is 2.96. The van der Waals surface area contributed by atoms with Crippen molar-refractivity contribution < 1.29 is 4.79 Å². The molecule has 1 fully saturated rings. The Balaban J connectivity index is 1.32. The summed E-state index contributed by atoms with van der Waals surface area (Å²) in [6.45, 7) is 4.57. The van der Waals surface area contributed by atoms with Crippen molar-refractivity contribution >= 4 is 16.9 Å². The molecule has 1 saturated heterocycles. The van der Waals surface area contributed by atoms with Gasteiger partial charge in [-0.2, -0.15) is 5.10 Å². The molecule has 26 heavy (non-hydrogen) atoms. The van der Waals surface area contributed by atoms with Crippen molar-refractivity contribution in [1.82, 2.24) is 24.2 Å². The van der Waals surface area contributed by atoms with Gasteiger partial charge in [-0.15, -0.1) is 0 Å². The van der Waals surface area contributed by atoms with E-state index in [1.54, 1.807) is 0 Å². The zero-order chi connectivity index (χ0) is 17.7. The first-order chi connectivity index (χ1) is 12.7. The van der Waals surface area contributed by atoms with Gasteiger partial charge >= 0.3 is 0 Å². The Bertz CT molecular complexity index is 956. The fourth-order valence-corrected chi connectivity index (χ4v) is 4.48. The minimum Gasteiger partial charge on any atom is -0.337 e. The second kappa shape index (κ2) is 5.97. The third-order valence-corrected chi connectivity index (χ3v) is 5.77. The summed E-state index contributed by atoms with van der Waals surface area (Å²) in [5.74, 6) is 1.14. The van der Waals surface area contributed by atoms with E-state index in [9.17, 15) is 4.79 Å². The molecular weight excluding hydrogens is 326 g/mol. The smallest absolute Gasteiger partial charge is 0.274 e. The standard InChI is InChI=1S/C20H23N5O/c1-14-21-17-6-2-3-7-19(17)25(14)15-8-11-23(12-9-15)20(26)18-13-16-5-4-10-24(16)22-18/h2-3,6-7,13,15H,4-5,8-12H2,1H3. The van der Waals surface area contributed by atoms with Gasteiger partial charge in [0.1, 0.15) is 5.82 Å². The van der Waals surface area contributed by atoms with E-state index in [2.05, 4.69) is 39.8 Å². The molecule has 0 atom stereocenters. The summed E-state index contributed by atoms with van der Waals surface area (Å²) in [5, 5.41) is 4.50. The van der Waals surface area contributed by atoms with Crippen LogP contribution in [-0.2, 0) is 13.0 Å². The quantitative estimate of drug-likeness (QED) is 0.715. The van der Waals surface area contributed by atoms with E-state index < -0.39 is 0 Å². The van der Waals surface area contributed by atoms with Gasteiger partial charge < -0.3 is 9.47 Å². The van der Waals surface area contributed by atoms with E-state index in [0.717, 1.165) is 56.7 Å². The number of imidazole rings is 1. The van der Waals surface area contributed by atoms with Crippen LogP contribution < -0.4 is 0 Å². The topological polar surface area (TPSA) is 56.0 Å². The molecule has 6 nitrogen and oxygen atoms in total. The summed E-state index contributed by atoms with van der Waals surface area (Å²) < 4.78 is 4.34. The lowest BCUT2D eigenvalue weighted by Crippen LogP contribution is -2.39. The van der Waals surface area contributed by atoms with Crippen molar-refractivity contribution in [2.24, 2.45) is 0 Å². The van der Waals surface area contributed by atoms with Crippen molar-refractivity contribution in [3.05, 3.63) is 47.5 Å². The third-order valence-electron chi connectivity index (χ3n) is 5.77. The minimum atomic E-state index is 0.0811. The fourth-order valence-electron chi connectivity index (χ4n) is 4.48.